The van der Waals surface area contributed by atoms with Crippen molar-refractivity contribution in [3.8, 4) is 0 Å². The van der Waals surface area contributed by atoms with Gasteiger partial charge >= 0.3 is 0 Å². The van der Waals surface area contributed by atoms with Gasteiger partial charge in [-0.1, -0.05) is 12.1 Å². The second-order valence-corrected chi connectivity index (χ2v) is 7.63. The molecule has 1 amide bonds. The van der Waals surface area contributed by atoms with Gasteiger partial charge in [-0.05, 0) is 49.3 Å². The van der Waals surface area contributed by atoms with E-state index in [0.717, 1.165) is 12.8 Å². The van der Waals surface area contributed by atoms with Crippen LogP contribution in [0.2, 0.25) is 0 Å². The first kappa shape index (κ1) is 17.2. The van der Waals surface area contributed by atoms with Crippen LogP contribution in [0.4, 0.5) is 4.39 Å². The number of hydrogen-bond donors (Lipinski definition) is 2. The number of hydrogen-bond acceptors (Lipinski definition) is 3. The molecule has 4 rings (SSSR count). The first-order valence-corrected chi connectivity index (χ1v) is 9.36. The molecule has 2 bridgehead atoms. The molecule has 0 spiro atoms. The Morgan fingerprint density at radius 2 is 2.15 bits per heavy atom. The molecular formula is C20H25FN4O. The van der Waals surface area contributed by atoms with Crippen LogP contribution in [-0.2, 0) is 11.8 Å². The van der Waals surface area contributed by atoms with Gasteiger partial charge in [-0.15, -0.1) is 0 Å². The van der Waals surface area contributed by atoms with Crippen LogP contribution in [0.25, 0.3) is 0 Å². The van der Waals surface area contributed by atoms with E-state index in [1.807, 2.05) is 23.9 Å². The van der Waals surface area contributed by atoms with Crippen molar-refractivity contribution < 1.29 is 9.18 Å². The summed E-state index contributed by atoms with van der Waals surface area (Å²) in [6.07, 6.45) is 8.62. The minimum Gasteiger partial charge on any atom is -0.342 e. The second kappa shape index (κ2) is 7.19. The number of halogens is 1. The molecule has 2 saturated heterocycles. The van der Waals surface area contributed by atoms with Crippen LogP contribution in [0.3, 0.4) is 0 Å². The zero-order valence-corrected chi connectivity index (χ0v) is 15.0. The molecule has 0 saturated carbocycles. The molecule has 2 aliphatic heterocycles. The molecular weight excluding hydrogens is 331 g/mol. The van der Waals surface area contributed by atoms with Crippen molar-refractivity contribution in [2.24, 2.45) is 13.0 Å². The van der Waals surface area contributed by atoms with Crippen molar-refractivity contribution >= 4 is 5.91 Å². The van der Waals surface area contributed by atoms with Crippen molar-refractivity contribution in [1.29, 1.82) is 0 Å². The maximum Gasteiger partial charge on any atom is 0.221 e. The third-order valence-corrected chi connectivity index (χ3v) is 5.65. The largest absolute Gasteiger partial charge is 0.342 e. The monoisotopic (exact) mass is 356 g/mol. The summed E-state index contributed by atoms with van der Waals surface area (Å²) in [5, 5.41) is 6.70. The van der Waals surface area contributed by atoms with Crippen molar-refractivity contribution in [3.63, 3.8) is 0 Å². The maximum absolute atomic E-state index is 13.7. The number of aryl methyl sites for hydroxylation is 1. The molecule has 0 aliphatic carbocycles. The van der Waals surface area contributed by atoms with Crippen molar-refractivity contribution in [1.82, 2.24) is 20.2 Å². The van der Waals surface area contributed by atoms with Crippen LogP contribution in [-0.4, -0.2) is 27.5 Å². The van der Waals surface area contributed by atoms with Gasteiger partial charge < -0.3 is 15.2 Å². The van der Waals surface area contributed by atoms with E-state index in [0.29, 0.717) is 35.8 Å². The van der Waals surface area contributed by atoms with Gasteiger partial charge in [-0.3, -0.25) is 4.79 Å². The Kier molecular flexibility index (Phi) is 4.76. The number of rotatable bonds is 5. The van der Waals surface area contributed by atoms with Crippen molar-refractivity contribution in [3.05, 3.63) is 53.9 Å². The normalized spacial score (nSPS) is 25.8. The highest BCUT2D eigenvalue weighted by molar-refractivity contribution is 5.77. The Hall–Kier alpha value is -2.21. The number of nitrogens with zero attached hydrogens (tertiary/aromatic N) is 2. The van der Waals surface area contributed by atoms with Gasteiger partial charge in [0.05, 0.1) is 0 Å². The number of carbonyl (C=O) groups is 1. The standard InChI is InChI=1S/C20H25FN4O/c1-25-8-7-22-20(25)19(14-3-2-4-15(21)12-14)24-18(26)11-13-9-16-5-6-17(10-13)23-16/h2-4,7-8,12-13,16-17,19,23H,5-6,9-11H2,1H3,(H,24,26). The van der Waals surface area contributed by atoms with E-state index in [4.69, 9.17) is 0 Å². The minimum absolute atomic E-state index is 0.00793. The van der Waals surface area contributed by atoms with Gasteiger partial charge in [0.15, 0.2) is 0 Å². The lowest BCUT2D eigenvalue weighted by atomic mass is 9.89. The number of fused-ring (bicyclic) bond motifs is 2. The van der Waals surface area contributed by atoms with Crippen molar-refractivity contribution in [2.75, 3.05) is 0 Å². The second-order valence-electron chi connectivity index (χ2n) is 7.63. The summed E-state index contributed by atoms with van der Waals surface area (Å²) in [6.45, 7) is 0. The molecule has 1 aromatic carbocycles. The van der Waals surface area contributed by atoms with Crippen molar-refractivity contribution in [2.45, 2.75) is 50.2 Å². The van der Waals surface area contributed by atoms with Gasteiger partial charge in [0.25, 0.3) is 0 Å². The highest BCUT2D eigenvalue weighted by Gasteiger charge is 2.34. The number of carbonyl (C=O) groups excluding carboxylic acids is 1. The number of piperidine rings is 1. The summed E-state index contributed by atoms with van der Waals surface area (Å²) in [7, 11) is 1.88. The molecule has 5 nitrogen and oxygen atoms in total. The molecule has 2 aromatic rings. The van der Waals surface area contributed by atoms with Crippen LogP contribution in [0, 0.1) is 11.7 Å². The summed E-state index contributed by atoms with van der Waals surface area (Å²) in [5.41, 5.74) is 0.707. The lowest BCUT2D eigenvalue weighted by molar-refractivity contribution is -0.122. The fourth-order valence-corrected chi connectivity index (χ4v) is 4.46. The van der Waals surface area contributed by atoms with Gasteiger partial charge in [0, 0.05) is 37.9 Å². The molecule has 138 valence electrons. The maximum atomic E-state index is 13.7. The van der Waals surface area contributed by atoms with Crippen LogP contribution >= 0.6 is 0 Å². The molecule has 2 N–H and O–H groups in total. The summed E-state index contributed by atoms with van der Waals surface area (Å²) in [4.78, 5) is 17.1. The van der Waals surface area contributed by atoms with Crippen LogP contribution in [0.1, 0.15) is 49.5 Å². The first-order chi connectivity index (χ1) is 12.6. The summed E-state index contributed by atoms with van der Waals surface area (Å²) in [6, 6.07) is 7.05. The van der Waals surface area contributed by atoms with E-state index in [1.165, 1.54) is 25.0 Å². The molecule has 3 heterocycles. The minimum atomic E-state index is -0.448. The quantitative estimate of drug-likeness (QED) is 0.866. The van der Waals surface area contributed by atoms with Gasteiger partial charge in [0.2, 0.25) is 5.91 Å². The highest BCUT2D eigenvalue weighted by atomic mass is 19.1. The molecule has 1 aromatic heterocycles. The lowest BCUT2D eigenvalue weighted by Crippen LogP contribution is -2.40. The first-order valence-electron chi connectivity index (χ1n) is 9.36. The van der Waals surface area contributed by atoms with E-state index < -0.39 is 6.04 Å². The van der Waals surface area contributed by atoms with Gasteiger partial charge in [-0.25, -0.2) is 9.37 Å². The topological polar surface area (TPSA) is 59.0 Å². The highest BCUT2D eigenvalue weighted by Crippen LogP contribution is 2.33. The summed E-state index contributed by atoms with van der Waals surface area (Å²) < 4.78 is 15.6. The smallest absolute Gasteiger partial charge is 0.221 e. The third kappa shape index (κ3) is 3.65. The number of amides is 1. The predicted octanol–water partition coefficient (Wildman–Crippen LogP) is 2.69. The summed E-state index contributed by atoms with van der Waals surface area (Å²) >= 11 is 0. The number of benzene rings is 1. The lowest BCUT2D eigenvalue weighted by Gasteiger charge is -2.29. The number of imidazole rings is 1. The molecule has 2 aliphatic rings. The molecule has 26 heavy (non-hydrogen) atoms. The van der Waals surface area contributed by atoms with E-state index in [2.05, 4.69) is 15.6 Å². The van der Waals surface area contributed by atoms with Crippen LogP contribution < -0.4 is 10.6 Å². The third-order valence-electron chi connectivity index (χ3n) is 5.65. The SMILES string of the molecule is Cn1ccnc1C(NC(=O)CC1CC2CCC(C1)N2)c1cccc(F)c1. The predicted molar refractivity (Wildman–Crippen MR) is 96.9 cm³/mol. The van der Waals surface area contributed by atoms with E-state index in [1.54, 1.807) is 12.3 Å². The Morgan fingerprint density at radius 3 is 2.81 bits per heavy atom. The van der Waals surface area contributed by atoms with Crippen LogP contribution in [0.15, 0.2) is 36.7 Å². The molecule has 2 fully saturated rings. The molecule has 6 heteroatoms. The number of aromatic nitrogens is 2. The fourth-order valence-electron chi connectivity index (χ4n) is 4.46. The average Bonchev–Trinajstić information content (AvgIpc) is 3.18. The Labute approximate surface area is 153 Å². The zero-order valence-electron chi connectivity index (χ0n) is 15.0. The molecule has 3 atom stereocenters. The van der Waals surface area contributed by atoms with Gasteiger partial charge in [-0.2, -0.15) is 0 Å². The Balaban J connectivity index is 1.49. The van der Waals surface area contributed by atoms with E-state index in [9.17, 15) is 9.18 Å². The Bertz CT molecular complexity index is 778. The summed E-state index contributed by atoms with van der Waals surface area (Å²) in [5.74, 6) is 0.817. The Morgan fingerprint density at radius 1 is 1.38 bits per heavy atom. The number of nitrogens with one attached hydrogen (secondary N) is 2. The van der Waals surface area contributed by atoms with Gasteiger partial charge in [0.1, 0.15) is 17.7 Å². The fraction of sp³-hybridized carbons (Fsp3) is 0.500. The average molecular weight is 356 g/mol. The van der Waals surface area contributed by atoms with E-state index in [-0.39, 0.29) is 11.7 Å². The molecule has 0 radical (unpaired) electrons. The van der Waals surface area contributed by atoms with Crippen LogP contribution in [0.5, 0.6) is 0 Å². The van der Waals surface area contributed by atoms with E-state index >= 15 is 0 Å². The molecule has 3 unspecified atom stereocenters. The zero-order chi connectivity index (χ0) is 18.1.